The fourth-order valence-corrected chi connectivity index (χ4v) is 3.84. The van der Waals surface area contributed by atoms with E-state index >= 15 is 0 Å². The van der Waals surface area contributed by atoms with Gasteiger partial charge in [-0.05, 0) is 29.8 Å². The number of ether oxygens (including phenoxy) is 1. The molecule has 1 aliphatic heterocycles. The molecule has 1 aromatic heterocycles. The Labute approximate surface area is 159 Å². The molecule has 0 aliphatic carbocycles. The summed E-state index contributed by atoms with van der Waals surface area (Å²) in [5, 5.41) is 1.31. The molecule has 5 heteroatoms. The number of nitrogens with zero attached hydrogens (tertiary/aromatic N) is 3. The van der Waals surface area contributed by atoms with Gasteiger partial charge in [0.15, 0.2) is 0 Å². The third kappa shape index (κ3) is 3.55. The summed E-state index contributed by atoms with van der Waals surface area (Å²) in [6.45, 7) is 4.20. The van der Waals surface area contributed by atoms with Gasteiger partial charge in [-0.25, -0.2) is 0 Å². The number of carbonyl (C=O) groups is 1. The van der Waals surface area contributed by atoms with Crippen molar-refractivity contribution in [3.05, 3.63) is 65.9 Å². The van der Waals surface area contributed by atoms with E-state index in [0.29, 0.717) is 5.56 Å². The molecule has 1 saturated heterocycles. The van der Waals surface area contributed by atoms with Crippen LogP contribution in [0.1, 0.15) is 15.9 Å². The Morgan fingerprint density at radius 1 is 1.04 bits per heavy atom. The van der Waals surface area contributed by atoms with Gasteiger partial charge in [0.05, 0.1) is 7.11 Å². The maximum absolute atomic E-state index is 12.8. The summed E-state index contributed by atoms with van der Waals surface area (Å²) in [6, 6.07) is 15.9. The van der Waals surface area contributed by atoms with Crippen LogP contribution in [0.25, 0.3) is 10.9 Å². The van der Waals surface area contributed by atoms with E-state index in [0.717, 1.165) is 38.5 Å². The highest BCUT2D eigenvalue weighted by Gasteiger charge is 2.23. The van der Waals surface area contributed by atoms with Gasteiger partial charge >= 0.3 is 0 Å². The summed E-state index contributed by atoms with van der Waals surface area (Å²) >= 11 is 0. The molecule has 1 fully saturated rings. The zero-order valence-corrected chi connectivity index (χ0v) is 15.9. The molecular formula is C22H25N3O2. The van der Waals surface area contributed by atoms with Crippen LogP contribution in [0, 0.1) is 0 Å². The Morgan fingerprint density at radius 3 is 2.59 bits per heavy atom. The molecule has 0 saturated carbocycles. The Morgan fingerprint density at radius 2 is 1.81 bits per heavy atom. The monoisotopic (exact) mass is 363 g/mol. The van der Waals surface area contributed by atoms with Crippen LogP contribution in [0.15, 0.2) is 54.7 Å². The molecule has 4 rings (SSSR count). The first-order valence-corrected chi connectivity index (χ1v) is 9.34. The lowest BCUT2D eigenvalue weighted by atomic mass is 10.1. The second-order valence-corrected chi connectivity index (χ2v) is 7.08. The highest BCUT2D eigenvalue weighted by Crippen LogP contribution is 2.22. The van der Waals surface area contributed by atoms with Gasteiger partial charge in [-0.2, -0.15) is 0 Å². The van der Waals surface area contributed by atoms with Crippen molar-refractivity contribution in [2.75, 3.05) is 33.3 Å². The van der Waals surface area contributed by atoms with E-state index in [1.54, 1.807) is 7.11 Å². The molecule has 1 aliphatic rings. The molecule has 0 radical (unpaired) electrons. The standard InChI is InChI=1S/C22H25N3O2/c1-23-15-18(20-8-3-4-9-21(20)23)16-24-10-12-25(13-11-24)22(26)17-6-5-7-19(14-17)27-2/h3-9,14-15H,10-13,16H2,1-2H3. The zero-order chi connectivity index (χ0) is 18.8. The minimum absolute atomic E-state index is 0.0821. The predicted molar refractivity (Wildman–Crippen MR) is 107 cm³/mol. The van der Waals surface area contributed by atoms with Gasteiger partial charge in [0, 0.05) is 62.4 Å². The highest BCUT2D eigenvalue weighted by atomic mass is 16.5. The van der Waals surface area contributed by atoms with Crippen molar-refractivity contribution in [1.82, 2.24) is 14.4 Å². The van der Waals surface area contributed by atoms with Crippen molar-refractivity contribution in [2.45, 2.75) is 6.54 Å². The van der Waals surface area contributed by atoms with Gasteiger partial charge < -0.3 is 14.2 Å². The zero-order valence-electron chi connectivity index (χ0n) is 15.9. The first-order chi connectivity index (χ1) is 13.2. The summed E-state index contributed by atoms with van der Waals surface area (Å²) in [6.07, 6.45) is 2.22. The van der Waals surface area contributed by atoms with Crippen molar-refractivity contribution in [2.24, 2.45) is 7.05 Å². The molecule has 0 atom stereocenters. The summed E-state index contributed by atoms with van der Waals surface area (Å²) in [5.41, 5.74) is 3.30. The van der Waals surface area contributed by atoms with Crippen LogP contribution >= 0.6 is 0 Å². The van der Waals surface area contributed by atoms with E-state index in [2.05, 4.69) is 47.0 Å². The number of hydrogen-bond donors (Lipinski definition) is 0. The van der Waals surface area contributed by atoms with E-state index in [-0.39, 0.29) is 5.91 Å². The number of aryl methyl sites for hydroxylation is 1. The highest BCUT2D eigenvalue weighted by molar-refractivity contribution is 5.94. The molecular weight excluding hydrogens is 338 g/mol. The molecule has 27 heavy (non-hydrogen) atoms. The summed E-state index contributed by atoms with van der Waals surface area (Å²) < 4.78 is 7.42. The average Bonchev–Trinajstić information content (AvgIpc) is 3.04. The van der Waals surface area contributed by atoms with Crippen LogP contribution in [-0.2, 0) is 13.6 Å². The maximum atomic E-state index is 12.8. The number of aromatic nitrogens is 1. The normalized spacial score (nSPS) is 15.3. The second-order valence-electron chi connectivity index (χ2n) is 7.08. The molecule has 0 bridgehead atoms. The number of fused-ring (bicyclic) bond motifs is 1. The van der Waals surface area contributed by atoms with Crippen LogP contribution in [0.3, 0.4) is 0 Å². The number of para-hydroxylation sites is 1. The lowest BCUT2D eigenvalue weighted by Crippen LogP contribution is -2.48. The van der Waals surface area contributed by atoms with Crippen molar-refractivity contribution < 1.29 is 9.53 Å². The number of methoxy groups -OCH3 is 1. The summed E-state index contributed by atoms with van der Waals surface area (Å²) in [7, 11) is 3.71. The van der Waals surface area contributed by atoms with Crippen LogP contribution in [0.2, 0.25) is 0 Å². The molecule has 5 nitrogen and oxygen atoms in total. The van der Waals surface area contributed by atoms with E-state index in [1.165, 1.54) is 16.5 Å². The Bertz CT molecular complexity index is 955. The van der Waals surface area contributed by atoms with Gasteiger partial charge in [0.25, 0.3) is 5.91 Å². The molecule has 0 N–H and O–H groups in total. The summed E-state index contributed by atoms with van der Waals surface area (Å²) in [4.78, 5) is 17.1. The lowest BCUT2D eigenvalue weighted by molar-refractivity contribution is 0.0628. The predicted octanol–water partition coefficient (Wildman–Crippen LogP) is 3.14. The number of amides is 1. The van der Waals surface area contributed by atoms with Gasteiger partial charge in [0.2, 0.25) is 0 Å². The minimum atomic E-state index is 0.0821. The number of hydrogen-bond acceptors (Lipinski definition) is 3. The summed E-state index contributed by atoms with van der Waals surface area (Å²) in [5.74, 6) is 0.800. The topological polar surface area (TPSA) is 37.7 Å². The molecule has 2 heterocycles. The van der Waals surface area contributed by atoms with E-state index in [4.69, 9.17) is 4.74 Å². The van der Waals surface area contributed by atoms with Gasteiger partial charge in [-0.15, -0.1) is 0 Å². The van der Waals surface area contributed by atoms with Gasteiger partial charge in [-0.3, -0.25) is 9.69 Å². The van der Waals surface area contributed by atoms with Crippen molar-refractivity contribution in [3.8, 4) is 5.75 Å². The Balaban J connectivity index is 1.40. The number of piperazine rings is 1. The largest absolute Gasteiger partial charge is 0.497 e. The minimum Gasteiger partial charge on any atom is -0.497 e. The second kappa shape index (κ2) is 7.45. The van der Waals surface area contributed by atoms with E-state index in [1.807, 2.05) is 29.2 Å². The Hall–Kier alpha value is -2.79. The fourth-order valence-electron chi connectivity index (χ4n) is 3.84. The smallest absolute Gasteiger partial charge is 0.254 e. The maximum Gasteiger partial charge on any atom is 0.254 e. The molecule has 3 aromatic rings. The van der Waals surface area contributed by atoms with Gasteiger partial charge in [0.1, 0.15) is 5.75 Å². The third-order valence-corrected chi connectivity index (χ3v) is 5.35. The van der Waals surface area contributed by atoms with Crippen molar-refractivity contribution in [3.63, 3.8) is 0 Å². The lowest BCUT2D eigenvalue weighted by Gasteiger charge is -2.34. The fraction of sp³-hybridized carbons (Fsp3) is 0.318. The van der Waals surface area contributed by atoms with Crippen LogP contribution < -0.4 is 4.74 Å². The molecule has 0 spiro atoms. The quantitative estimate of drug-likeness (QED) is 0.715. The molecule has 0 unspecified atom stereocenters. The number of benzene rings is 2. The van der Waals surface area contributed by atoms with Crippen molar-refractivity contribution in [1.29, 1.82) is 0 Å². The molecule has 140 valence electrons. The van der Waals surface area contributed by atoms with E-state index < -0.39 is 0 Å². The van der Waals surface area contributed by atoms with Gasteiger partial charge in [-0.1, -0.05) is 24.3 Å². The number of rotatable bonds is 4. The average molecular weight is 363 g/mol. The van der Waals surface area contributed by atoms with Crippen LogP contribution in [-0.4, -0.2) is 53.6 Å². The molecule has 2 aromatic carbocycles. The van der Waals surface area contributed by atoms with E-state index in [9.17, 15) is 4.79 Å². The first-order valence-electron chi connectivity index (χ1n) is 9.34. The van der Waals surface area contributed by atoms with Crippen LogP contribution in [0.4, 0.5) is 0 Å². The van der Waals surface area contributed by atoms with Crippen molar-refractivity contribution >= 4 is 16.8 Å². The molecule has 1 amide bonds. The first kappa shape index (κ1) is 17.6. The van der Waals surface area contributed by atoms with Crippen LogP contribution in [0.5, 0.6) is 5.75 Å². The Kier molecular flexibility index (Phi) is 4.86. The number of carbonyl (C=O) groups excluding carboxylic acids is 1. The third-order valence-electron chi connectivity index (χ3n) is 5.35. The SMILES string of the molecule is COc1cccc(C(=O)N2CCN(Cc3cn(C)c4ccccc34)CC2)c1.